The molecule has 0 radical (unpaired) electrons. The van der Waals surface area contributed by atoms with Gasteiger partial charge in [0, 0.05) is 17.7 Å². The molecule has 2 aromatic rings. The van der Waals surface area contributed by atoms with Gasteiger partial charge in [-0.2, -0.15) is 0 Å². The predicted molar refractivity (Wildman–Crippen MR) is 94.8 cm³/mol. The lowest BCUT2D eigenvalue weighted by Crippen LogP contribution is -2.17. The number of carbonyl (C=O) groups is 2. The number of ether oxygens (including phenoxy) is 1. The number of phenolic OH excluding ortho intramolecular Hbond substituents is 1. The summed E-state index contributed by atoms with van der Waals surface area (Å²) < 4.78 is 5.02. The number of aromatic hydroxyl groups is 1. The number of ketones is 1. The third kappa shape index (κ3) is 3.72. The number of carbonyl (C=O) groups excluding carboxylic acids is 2. The molecule has 0 amide bonds. The van der Waals surface area contributed by atoms with Crippen molar-refractivity contribution in [3.8, 4) is 5.75 Å². The van der Waals surface area contributed by atoms with Gasteiger partial charge in [-0.25, -0.2) is 4.79 Å². The second-order valence-corrected chi connectivity index (χ2v) is 6.10. The number of nitrogens with zero attached hydrogens (tertiary/aromatic N) is 1. The Bertz CT molecular complexity index is 890. The monoisotopic (exact) mass is 357 g/mol. The van der Waals surface area contributed by atoms with E-state index in [0.717, 1.165) is 40.5 Å². The Labute approximate surface area is 150 Å². The van der Waals surface area contributed by atoms with E-state index in [1.54, 1.807) is 0 Å². The molecular weight excluding hydrogens is 338 g/mol. The fourth-order valence-electron chi connectivity index (χ4n) is 2.73. The Kier molecular flexibility index (Phi) is 5.40. The molecule has 1 N–H and O–H groups in total. The Morgan fingerprint density at radius 2 is 1.65 bits per heavy atom. The summed E-state index contributed by atoms with van der Waals surface area (Å²) in [5.41, 5.74) is 3.56. The summed E-state index contributed by atoms with van der Waals surface area (Å²) >= 11 is 0. The minimum atomic E-state index is -0.844. The quantitative estimate of drug-likeness (QED) is 0.379. The first-order valence-corrected chi connectivity index (χ1v) is 7.88. The second kappa shape index (κ2) is 7.35. The first-order chi connectivity index (χ1) is 12.1. The number of nitro benzene ring substituents is 1. The molecule has 2 aromatic carbocycles. The van der Waals surface area contributed by atoms with Crippen molar-refractivity contribution < 1.29 is 24.4 Å². The Morgan fingerprint density at radius 3 is 2.15 bits per heavy atom. The zero-order valence-corrected chi connectivity index (χ0v) is 15.0. The van der Waals surface area contributed by atoms with Gasteiger partial charge in [0.25, 0.3) is 0 Å². The first-order valence-electron chi connectivity index (χ1n) is 7.88. The minimum absolute atomic E-state index is 0.0743. The minimum Gasteiger partial charge on any atom is -0.502 e. The lowest BCUT2D eigenvalue weighted by molar-refractivity contribution is -0.385. The molecule has 0 atom stereocenters. The summed E-state index contributed by atoms with van der Waals surface area (Å²) in [7, 11) is 0. The highest BCUT2D eigenvalue weighted by Gasteiger charge is 2.20. The normalized spacial score (nSPS) is 10.5. The molecule has 0 fully saturated rings. The van der Waals surface area contributed by atoms with Crippen LogP contribution in [0.5, 0.6) is 5.75 Å². The molecular formula is C19H19NO6. The van der Waals surface area contributed by atoms with Gasteiger partial charge in [0.2, 0.25) is 5.78 Å². The third-order valence-electron chi connectivity index (χ3n) is 4.39. The molecule has 2 rings (SSSR count). The Balaban J connectivity index is 2.17. The van der Waals surface area contributed by atoms with E-state index in [9.17, 15) is 24.8 Å². The highest BCUT2D eigenvalue weighted by Crippen LogP contribution is 2.27. The standard InChI is InChI=1S/C19H19NO6/c1-10-7-11(2)13(4)18(12(10)3)17(22)9-26-19(23)14-5-6-15(20(24)25)16(21)8-14/h5-8,21H,9H2,1-4H3. The zero-order chi connectivity index (χ0) is 19.6. The number of aryl methyl sites for hydroxylation is 2. The van der Waals surface area contributed by atoms with Gasteiger partial charge in [-0.15, -0.1) is 0 Å². The van der Waals surface area contributed by atoms with Gasteiger partial charge in [-0.1, -0.05) is 6.07 Å². The highest BCUT2D eigenvalue weighted by atomic mass is 16.6. The van der Waals surface area contributed by atoms with Crippen molar-refractivity contribution in [1.29, 1.82) is 0 Å². The topological polar surface area (TPSA) is 107 Å². The third-order valence-corrected chi connectivity index (χ3v) is 4.39. The summed E-state index contributed by atoms with van der Waals surface area (Å²) in [6.45, 7) is 7.03. The van der Waals surface area contributed by atoms with Crippen LogP contribution in [-0.2, 0) is 4.74 Å². The number of esters is 1. The maximum Gasteiger partial charge on any atom is 0.338 e. The van der Waals surface area contributed by atoms with E-state index in [2.05, 4.69) is 0 Å². The maximum absolute atomic E-state index is 12.5. The van der Waals surface area contributed by atoms with Gasteiger partial charge in [-0.05, 0) is 56.0 Å². The molecule has 0 spiro atoms. The molecule has 0 saturated carbocycles. The number of benzene rings is 2. The van der Waals surface area contributed by atoms with Crippen molar-refractivity contribution >= 4 is 17.4 Å². The van der Waals surface area contributed by atoms with E-state index in [1.165, 1.54) is 0 Å². The van der Waals surface area contributed by atoms with Crippen LogP contribution in [0, 0.1) is 37.8 Å². The first kappa shape index (κ1) is 19.1. The second-order valence-electron chi connectivity index (χ2n) is 6.10. The van der Waals surface area contributed by atoms with Gasteiger partial charge in [0.05, 0.1) is 10.5 Å². The molecule has 26 heavy (non-hydrogen) atoms. The van der Waals surface area contributed by atoms with Crippen molar-refractivity contribution in [3.63, 3.8) is 0 Å². The van der Waals surface area contributed by atoms with Crippen LogP contribution in [-0.4, -0.2) is 28.4 Å². The zero-order valence-electron chi connectivity index (χ0n) is 15.0. The Hall–Kier alpha value is -3.22. The fourth-order valence-corrected chi connectivity index (χ4v) is 2.73. The number of rotatable bonds is 5. The van der Waals surface area contributed by atoms with E-state index in [-0.39, 0.29) is 11.3 Å². The van der Waals surface area contributed by atoms with Crippen LogP contribution in [0.3, 0.4) is 0 Å². The molecule has 7 heteroatoms. The van der Waals surface area contributed by atoms with E-state index in [4.69, 9.17) is 4.74 Å². The summed E-state index contributed by atoms with van der Waals surface area (Å²) in [6.07, 6.45) is 0. The average Bonchev–Trinajstić information content (AvgIpc) is 2.57. The molecule has 7 nitrogen and oxygen atoms in total. The van der Waals surface area contributed by atoms with Crippen LogP contribution in [0.15, 0.2) is 24.3 Å². The van der Waals surface area contributed by atoms with Crippen LogP contribution in [0.1, 0.15) is 43.0 Å². The highest BCUT2D eigenvalue weighted by molar-refractivity contribution is 6.02. The molecule has 0 aliphatic heterocycles. The Morgan fingerprint density at radius 1 is 1.08 bits per heavy atom. The van der Waals surface area contributed by atoms with E-state index in [0.29, 0.717) is 5.56 Å². The van der Waals surface area contributed by atoms with Crippen molar-refractivity contribution in [2.45, 2.75) is 27.7 Å². The molecule has 0 saturated heterocycles. The van der Waals surface area contributed by atoms with Crippen LogP contribution >= 0.6 is 0 Å². The lowest BCUT2D eigenvalue weighted by atomic mass is 9.92. The van der Waals surface area contributed by atoms with E-state index >= 15 is 0 Å². The number of hydrogen-bond donors (Lipinski definition) is 1. The number of nitro groups is 1. The predicted octanol–water partition coefficient (Wildman–Crippen LogP) is 3.57. The lowest BCUT2D eigenvalue weighted by Gasteiger charge is -2.14. The van der Waals surface area contributed by atoms with Crippen molar-refractivity contribution in [3.05, 3.63) is 67.8 Å². The van der Waals surface area contributed by atoms with Gasteiger partial charge in [0.15, 0.2) is 12.4 Å². The largest absolute Gasteiger partial charge is 0.502 e. The van der Waals surface area contributed by atoms with Crippen LogP contribution in [0.25, 0.3) is 0 Å². The maximum atomic E-state index is 12.5. The van der Waals surface area contributed by atoms with Crippen molar-refractivity contribution in [2.24, 2.45) is 0 Å². The summed E-state index contributed by atoms with van der Waals surface area (Å²) in [4.78, 5) is 34.5. The SMILES string of the molecule is Cc1cc(C)c(C)c(C(=O)COC(=O)c2ccc([N+](=O)[O-])c(O)c2)c1C. The van der Waals surface area contributed by atoms with E-state index < -0.39 is 28.9 Å². The van der Waals surface area contributed by atoms with Crippen LogP contribution in [0.4, 0.5) is 5.69 Å². The summed E-state index contributed by atoms with van der Waals surface area (Å²) in [5, 5.41) is 20.3. The van der Waals surface area contributed by atoms with Crippen LogP contribution in [0.2, 0.25) is 0 Å². The van der Waals surface area contributed by atoms with Gasteiger partial charge < -0.3 is 9.84 Å². The molecule has 0 heterocycles. The van der Waals surface area contributed by atoms with Gasteiger partial charge in [0.1, 0.15) is 0 Å². The van der Waals surface area contributed by atoms with Crippen molar-refractivity contribution in [1.82, 2.24) is 0 Å². The number of hydrogen-bond acceptors (Lipinski definition) is 6. The van der Waals surface area contributed by atoms with E-state index in [1.807, 2.05) is 33.8 Å². The fraction of sp³-hybridized carbons (Fsp3) is 0.263. The number of Topliss-reactive ketones (excluding diaryl/α,β-unsaturated/α-hetero) is 1. The average molecular weight is 357 g/mol. The molecule has 0 aromatic heterocycles. The molecule has 0 unspecified atom stereocenters. The molecule has 0 aliphatic rings. The van der Waals surface area contributed by atoms with Gasteiger partial charge >= 0.3 is 11.7 Å². The summed E-state index contributed by atoms with van der Waals surface area (Å²) in [6, 6.07) is 5.11. The van der Waals surface area contributed by atoms with Gasteiger partial charge in [-0.3, -0.25) is 14.9 Å². The van der Waals surface area contributed by atoms with Crippen LogP contribution < -0.4 is 0 Å². The summed E-state index contributed by atoms with van der Waals surface area (Å²) in [5.74, 6) is -1.81. The number of phenols is 1. The van der Waals surface area contributed by atoms with Crippen molar-refractivity contribution in [2.75, 3.05) is 6.61 Å². The molecule has 0 aliphatic carbocycles. The smallest absolute Gasteiger partial charge is 0.338 e. The molecule has 0 bridgehead atoms. The molecule has 136 valence electrons.